The van der Waals surface area contributed by atoms with Crippen LogP contribution in [0.1, 0.15) is 33.1 Å². The Balaban J connectivity index is 1.99. The average Bonchev–Trinajstić information content (AvgIpc) is 3.17. The van der Waals surface area contributed by atoms with Crippen molar-refractivity contribution >= 4 is 40.9 Å². The predicted molar refractivity (Wildman–Crippen MR) is 88.6 cm³/mol. The van der Waals surface area contributed by atoms with Gasteiger partial charge in [0.1, 0.15) is 5.54 Å². The summed E-state index contributed by atoms with van der Waals surface area (Å²) in [5, 5.41) is 13.9. The molecule has 3 nitrogen and oxygen atoms in total. The molecule has 0 aliphatic heterocycles. The zero-order chi connectivity index (χ0) is 15.6. The molecule has 6 heteroatoms. The molecule has 2 unspecified atom stereocenters. The van der Waals surface area contributed by atoms with Gasteiger partial charge in [0, 0.05) is 16.2 Å². The molecular formula is C15H19Cl2NO2S. The van der Waals surface area contributed by atoms with Crippen molar-refractivity contribution in [3.8, 4) is 0 Å². The molecule has 1 aliphatic carbocycles. The van der Waals surface area contributed by atoms with E-state index in [2.05, 4.69) is 5.32 Å². The number of carbonyl (C=O) groups is 1. The maximum atomic E-state index is 11.6. The summed E-state index contributed by atoms with van der Waals surface area (Å²) >= 11 is 13.5. The quantitative estimate of drug-likeness (QED) is 0.715. The second kappa shape index (κ2) is 6.78. The summed E-state index contributed by atoms with van der Waals surface area (Å²) in [5.74, 6) is -0.795. The highest BCUT2D eigenvalue weighted by Gasteiger charge is 2.39. The Morgan fingerprint density at radius 2 is 2.14 bits per heavy atom. The van der Waals surface area contributed by atoms with Crippen molar-refractivity contribution in [3.05, 3.63) is 28.2 Å². The molecular weight excluding hydrogens is 329 g/mol. The number of rotatable bonds is 7. The molecule has 0 amide bonds. The third kappa shape index (κ3) is 4.78. The number of benzene rings is 1. The molecule has 1 aromatic rings. The highest BCUT2D eigenvalue weighted by molar-refractivity contribution is 8.00. The van der Waals surface area contributed by atoms with Crippen molar-refractivity contribution < 1.29 is 9.90 Å². The Labute approximate surface area is 139 Å². The lowest BCUT2D eigenvalue weighted by molar-refractivity contribution is -0.144. The molecule has 1 saturated carbocycles. The topological polar surface area (TPSA) is 49.3 Å². The molecule has 0 heterocycles. The zero-order valence-corrected chi connectivity index (χ0v) is 14.4. The smallest absolute Gasteiger partial charge is 0.323 e. The lowest BCUT2D eigenvalue weighted by Gasteiger charge is -2.29. The Hall–Kier alpha value is -0.420. The predicted octanol–water partition coefficient (Wildman–Crippen LogP) is 4.46. The van der Waals surface area contributed by atoms with Crippen LogP contribution in [0, 0.1) is 0 Å². The number of carboxylic acids is 1. The normalized spacial score (nSPS) is 19.0. The van der Waals surface area contributed by atoms with E-state index >= 15 is 0 Å². The molecule has 0 radical (unpaired) electrons. The number of carboxylic acid groups (broad SMARTS) is 1. The summed E-state index contributed by atoms with van der Waals surface area (Å²) in [6.07, 6.45) is 2.68. The molecule has 0 spiro atoms. The Morgan fingerprint density at radius 1 is 1.48 bits per heavy atom. The van der Waals surface area contributed by atoms with Crippen LogP contribution in [0.15, 0.2) is 23.1 Å². The van der Waals surface area contributed by atoms with Crippen LogP contribution in [0.3, 0.4) is 0 Å². The van der Waals surface area contributed by atoms with Crippen molar-refractivity contribution in [1.29, 1.82) is 0 Å². The molecule has 116 valence electrons. The first-order chi connectivity index (χ1) is 9.80. The largest absolute Gasteiger partial charge is 0.480 e. The lowest BCUT2D eigenvalue weighted by Crippen LogP contribution is -2.51. The second-order valence-corrected chi connectivity index (χ2v) is 8.09. The molecule has 1 fully saturated rings. The molecule has 1 aliphatic rings. The van der Waals surface area contributed by atoms with E-state index in [1.54, 1.807) is 24.8 Å². The van der Waals surface area contributed by atoms with Gasteiger partial charge in [0.2, 0.25) is 0 Å². The average molecular weight is 348 g/mol. The van der Waals surface area contributed by atoms with Crippen LogP contribution in [0.2, 0.25) is 10.0 Å². The highest BCUT2D eigenvalue weighted by atomic mass is 35.5. The van der Waals surface area contributed by atoms with Gasteiger partial charge in [-0.05, 0) is 44.4 Å². The van der Waals surface area contributed by atoms with E-state index in [-0.39, 0.29) is 5.25 Å². The van der Waals surface area contributed by atoms with Gasteiger partial charge >= 0.3 is 5.97 Å². The number of aliphatic carboxylic acids is 1. The number of thioether (sulfide) groups is 1. The molecule has 0 bridgehead atoms. The van der Waals surface area contributed by atoms with E-state index in [9.17, 15) is 9.90 Å². The van der Waals surface area contributed by atoms with E-state index in [1.807, 2.05) is 19.1 Å². The van der Waals surface area contributed by atoms with Gasteiger partial charge in [-0.2, -0.15) is 0 Å². The van der Waals surface area contributed by atoms with Crippen LogP contribution in [-0.2, 0) is 4.79 Å². The van der Waals surface area contributed by atoms with Gasteiger partial charge in [0.05, 0.1) is 10.0 Å². The van der Waals surface area contributed by atoms with E-state index in [0.29, 0.717) is 22.5 Å². The van der Waals surface area contributed by atoms with Crippen LogP contribution in [0.25, 0.3) is 0 Å². The number of halogens is 2. The van der Waals surface area contributed by atoms with Gasteiger partial charge in [0.25, 0.3) is 0 Å². The van der Waals surface area contributed by atoms with Crippen LogP contribution in [-0.4, -0.2) is 27.9 Å². The van der Waals surface area contributed by atoms with Gasteiger partial charge in [-0.25, -0.2) is 0 Å². The summed E-state index contributed by atoms with van der Waals surface area (Å²) in [6.45, 7) is 3.79. The summed E-state index contributed by atoms with van der Waals surface area (Å²) in [6, 6.07) is 5.84. The van der Waals surface area contributed by atoms with E-state index in [0.717, 1.165) is 17.7 Å². The van der Waals surface area contributed by atoms with Crippen molar-refractivity contribution in [2.75, 3.05) is 0 Å². The summed E-state index contributed by atoms with van der Waals surface area (Å²) < 4.78 is 0. The first-order valence-electron chi connectivity index (χ1n) is 6.93. The number of nitrogens with one attached hydrogen (secondary N) is 1. The molecule has 0 saturated heterocycles. The fraction of sp³-hybridized carbons (Fsp3) is 0.533. The summed E-state index contributed by atoms with van der Waals surface area (Å²) in [4.78, 5) is 12.6. The number of hydrogen-bond donors (Lipinski definition) is 2. The molecule has 2 N–H and O–H groups in total. The fourth-order valence-corrected chi connectivity index (χ4v) is 3.86. The maximum absolute atomic E-state index is 11.6. The lowest BCUT2D eigenvalue weighted by atomic mass is 9.96. The van der Waals surface area contributed by atoms with Crippen LogP contribution in [0.5, 0.6) is 0 Å². The molecule has 21 heavy (non-hydrogen) atoms. The zero-order valence-electron chi connectivity index (χ0n) is 12.0. The van der Waals surface area contributed by atoms with Crippen molar-refractivity contribution in [2.45, 2.75) is 54.8 Å². The fourth-order valence-electron chi connectivity index (χ4n) is 2.29. The first kappa shape index (κ1) is 16.9. The minimum absolute atomic E-state index is 0.148. The monoisotopic (exact) mass is 347 g/mol. The van der Waals surface area contributed by atoms with Crippen LogP contribution in [0.4, 0.5) is 0 Å². The standard InChI is InChI=1S/C15H19Cl2NO2S/c1-9(21-11-5-6-12(16)13(17)7-11)8-15(2,14(19)20)18-10-3-4-10/h5-7,9-10,18H,3-4,8H2,1-2H3,(H,19,20). The van der Waals surface area contributed by atoms with Crippen molar-refractivity contribution in [2.24, 2.45) is 0 Å². The Morgan fingerprint density at radius 3 is 2.67 bits per heavy atom. The van der Waals surface area contributed by atoms with E-state index in [4.69, 9.17) is 23.2 Å². The molecule has 0 aromatic heterocycles. The highest BCUT2D eigenvalue weighted by Crippen LogP contribution is 2.34. The van der Waals surface area contributed by atoms with Crippen molar-refractivity contribution in [3.63, 3.8) is 0 Å². The SMILES string of the molecule is CC(CC(C)(NC1CC1)C(=O)O)Sc1ccc(Cl)c(Cl)c1. The van der Waals surface area contributed by atoms with Gasteiger partial charge in [-0.1, -0.05) is 30.1 Å². The van der Waals surface area contributed by atoms with Crippen molar-refractivity contribution in [1.82, 2.24) is 5.32 Å². The van der Waals surface area contributed by atoms with Gasteiger partial charge in [-0.3, -0.25) is 10.1 Å². The minimum Gasteiger partial charge on any atom is -0.480 e. The third-order valence-electron chi connectivity index (χ3n) is 3.50. The Bertz CT molecular complexity index is 536. The molecule has 2 rings (SSSR count). The van der Waals surface area contributed by atoms with Gasteiger partial charge in [-0.15, -0.1) is 11.8 Å². The number of hydrogen-bond acceptors (Lipinski definition) is 3. The summed E-state index contributed by atoms with van der Waals surface area (Å²) in [7, 11) is 0. The Kier molecular flexibility index (Phi) is 5.47. The summed E-state index contributed by atoms with van der Waals surface area (Å²) in [5.41, 5.74) is -0.885. The van der Waals surface area contributed by atoms with E-state index < -0.39 is 11.5 Å². The van der Waals surface area contributed by atoms with E-state index in [1.165, 1.54) is 0 Å². The first-order valence-corrected chi connectivity index (χ1v) is 8.56. The molecule has 1 aromatic carbocycles. The van der Waals surface area contributed by atoms with Crippen LogP contribution >= 0.6 is 35.0 Å². The van der Waals surface area contributed by atoms with Gasteiger partial charge < -0.3 is 5.11 Å². The molecule has 2 atom stereocenters. The third-order valence-corrected chi connectivity index (χ3v) is 5.33. The second-order valence-electron chi connectivity index (χ2n) is 5.76. The minimum atomic E-state index is -0.885. The van der Waals surface area contributed by atoms with Crippen LogP contribution < -0.4 is 5.32 Å². The maximum Gasteiger partial charge on any atom is 0.323 e. The van der Waals surface area contributed by atoms with Gasteiger partial charge in [0.15, 0.2) is 0 Å².